The Kier molecular flexibility index (Phi) is 4.37. The number of nitrogens with two attached hydrogens (primary N) is 1. The molecule has 0 bridgehead atoms. The Bertz CT molecular complexity index is 441. The second-order valence-corrected chi connectivity index (χ2v) is 5.11. The molecule has 1 aromatic carbocycles. The van der Waals surface area contributed by atoms with Gasteiger partial charge in [0.1, 0.15) is 5.75 Å². The van der Waals surface area contributed by atoms with Crippen LogP contribution in [0.25, 0.3) is 0 Å². The van der Waals surface area contributed by atoms with E-state index in [-0.39, 0.29) is 12.5 Å². The molecule has 1 saturated carbocycles. The van der Waals surface area contributed by atoms with Crippen LogP contribution in [0.4, 0.5) is 8.78 Å². The summed E-state index contributed by atoms with van der Waals surface area (Å²) in [4.78, 5) is 0. The van der Waals surface area contributed by atoms with Gasteiger partial charge in [0, 0.05) is 12.6 Å². The largest absolute Gasteiger partial charge is 0.493 e. The molecule has 5 heteroatoms. The van der Waals surface area contributed by atoms with Crippen molar-refractivity contribution in [1.82, 2.24) is 0 Å². The average molecular weight is 271 g/mol. The third-order valence-corrected chi connectivity index (χ3v) is 3.90. The van der Waals surface area contributed by atoms with Crippen molar-refractivity contribution in [3.05, 3.63) is 29.8 Å². The molecular weight excluding hydrogens is 252 g/mol. The monoisotopic (exact) mass is 271 g/mol. The summed E-state index contributed by atoms with van der Waals surface area (Å²) in [6, 6.07) is 3.46. The van der Waals surface area contributed by atoms with Gasteiger partial charge in [-0.15, -0.1) is 0 Å². The van der Waals surface area contributed by atoms with Gasteiger partial charge >= 0.3 is 0 Å². The lowest BCUT2D eigenvalue weighted by molar-refractivity contribution is 0.00353. The SMILES string of the molecule is NCC1(O)CCCC1CCOc1ccc(F)c(F)c1. The Hall–Kier alpha value is -1.20. The second-order valence-electron chi connectivity index (χ2n) is 5.11. The first-order chi connectivity index (χ1) is 9.05. The van der Waals surface area contributed by atoms with Crippen molar-refractivity contribution in [2.24, 2.45) is 11.7 Å². The molecule has 0 amide bonds. The Morgan fingerprint density at radius 2 is 2.16 bits per heavy atom. The molecule has 2 rings (SSSR count). The van der Waals surface area contributed by atoms with E-state index in [0.717, 1.165) is 31.4 Å². The molecule has 2 unspecified atom stereocenters. The number of hydrogen-bond acceptors (Lipinski definition) is 3. The van der Waals surface area contributed by atoms with Crippen molar-refractivity contribution in [2.75, 3.05) is 13.2 Å². The maximum atomic E-state index is 13.0. The van der Waals surface area contributed by atoms with Crippen molar-refractivity contribution in [3.8, 4) is 5.75 Å². The van der Waals surface area contributed by atoms with Gasteiger partial charge in [-0.2, -0.15) is 0 Å². The van der Waals surface area contributed by atoms with Crippen LogP contribution in [-0.4, -0.2) is 23.9 Å². The maximum absolute atomic E-state index is 13.0. The molecule has 1 aromatic rings. The fraction of sp³-hybridized carbons (Fsp3) is 0.571. The normalized spacial score (nSPS) is 26.6. The lowest BCUT2D eigenvalue weighted by atomic mass is 9.88. The van der Waals surface area contributed by atoms with Gasteiger partial charge in [0.05, 0.1) is 12.2 Å². The van der Waals surface area contributed by atoms with E-state index in [1.54, 1.807) is 0 Å². The minimum absolute atomic E-state index is 0.114. The molecule has 0 saturated heterocycles. The third-order valence-electron chi connectivity index (χ3n) is 3.90. The molecule has 106 valence electrons. The third kappa shape index (κ3) is 3.22. The summed E-state index contributed by atoms with van der Waals surface area (Å²) < 4.78 is 31.1. The molecule has 0 heterocycles. The summed E-state index contributed by atoms with van der Waals surface area (Å²) in [6.45, 7) is 0.612. The zero-order chi connectivity index (χ0) is 13.9. The highest BCUT2D eigenvalue weighted by Gasteiger charge is 2.39. The topological polar surface area (TPSA) is 55.5 Å². The van der Waals surface area contributed by atoms with E-state index < -0.39 is 17.2 Å². The van der Waals surface area contributed by atoms with Crippen LogP contribution in [0.1, 0.15) is 25.7 Å². The summed E-state index contributed by atoms with van der Waals surface area (Å²) in [5, 5.41) is 10.2. The molecule has 19 heavy (non-hydrogen) atoms. The summed E-state index contributed by atoms with van der Waals surface area (Å²) in [6.07, 6.45) is 3.27. The predicted molar refractivity (Wildman–Crippen MR) is 67.8 cm³/mol. The van der Waals surface area contributed by atoms with Crippen LogP contribution in [0, 0.1) is 17.6 Å². The van der Waals surface area contributed by atoms with E-state index in [2.05, 4.69) is 0 Å². The quantitative estimate of drug-likeness (QED) is 0.863. The van der Waals surface area contributed by atoms with E-state index in [9.17, 15) is 13.9 Å². The summed E-state index contributed by atoms with van der Waals surface area (Å²) in [7, 11) is 0. The highest BCUT2D eigenvalue weighted by atomic mass is 19.2. The standard InChI is InChI=1S/C14H19F2NO2/c15-12-4-3-11(8-13(12)16)19-7-5-10-2-1-6-14(10,18)9-17/h3-4,8,10,18H,1-2,5-7,9,17H2. The molecule has 0 spiro atoms. The molecule has 2 atom stereocenters. The van der Waals surface area contributed by atoms with Crippen LogP contribution in [0.5, 0.6) is 5.75 Å². The molecule has 0 radical (unpaired) electrons. The maximum Gasteiger partial charge on any atom is 0.162 e. The average Bonchev–Trinajstić information content (AvgIpc) is 2.76. The van der Waals surface area contributed by atoms with Crippen LogP contribution in [-0.2, 0) is 0 Å². The molecular formula is C14H19F2NO2. The lowest BCUT2D eigenvalue weighted by Crippen LogP contribution is -2.41. The van der Waals surface area contributed by atoms with Gasteiger partial charge in [-0.3, -0.25) is 0 Å². The van der Waals surface area contributed by atoms with Gasteiger partial charge in [0.2, 0.25) is 0 Å². The highest BCUT2D eigenvalue weighted by molar-refractivity contribution is 5.23. The smallest absolute Gasteiger partial charge is 0.162 e. The van der Waals surface area contributed by atoms with Gasteiger partial charge in [-0.25, -0.2) is 8.78 Å². The van der Waals surface area contributed by atoms with Crippen molar-refractivity contribution in [2.45, 2.75) is 31.3 Å². The Morgan fingerprint density at radius 1 is 1.37 bits per heavy atom. The number of hydrogen-bond donors (Lipinski definition) is 2. The van der Waals surface area contributed by atoms with E-state index >= 15 is 0 Å². The van der Waals surface area contributed by atoms with Gasteiger partial charge < -0.3 is 15.6 Å². The number of aliphatic hydroxyl groups is 1. The van der Waals surface area contributed by atoms with Crippen molar-refractivity contribution >= 4 is 0 Å². The van der Waals surface area contributed by atoms with Gasteiger partial charge in [-0.1, -0.05) is 6.42 Å². The van der Waals surface area contributed by atoms with Crippen molar-refractivity contribution in [1.29, 1.82) is 0 Å². The van der Waals surface area contributed by atoms with Crippen molar-refractivity contribution < 1.29 is 18.6 Å². The van der Waals surface area contributed by atoms with E-state index in [4.69, 9.17) is 10.5 Å². The first-order valence-corrected chi connectivity index (χ1v) is 6.55. The second kappa shape index (κ2) is 5.84. The van der Waals surface area contributed by atoms with E-state index in [1.165, 1.54) is 6.07 Å². The Labute approximate surface area is 111 Å². The lowest BCUT2D eigenvalue weighted by Gasteiger charge is -2.28. The Morgan fingerprint density at radius 3 is 2.84 bits per heavy atom. The van der Waals surface area contributed by atoms with E-state index in [1.807, 2.05) is 0 Å². The molecule has 1 aliphatic carbocycles. The zero-order valence-corrected chi connectivity index (χ0v) is 10.7. The zero-order valence-electron chi connectivity index (χ0n) is 10.7. The van der Waals surface area contributed by atoms with E-state index in [0.29, 0.717) is 18.8 Å². The van der Waals surface area contributed by atoms with Crippen LogP contribution >= 0.6 is 0 Å². The fourth-order valence-corrected chi connectivity index (χ4v) is 2.69. The molecule has 3 nitrogen and oxygen atoms in total. The molecule has 0 aliphatic heterocycles. The first-order valence-electron chi connectivity index (χ1n) is 6.55. The van der Waals surface area contributed by atoms with Crippen LogP contribution < -0.4 is 10.5 Å². The number of ether oxygens (including phenoxy) is 1. The van der Waals surface area contributed by atoms with Crippen LogP contribution in [0.3, 0.4) is 0 Å². The highest BCUT2D eigenvalue weighted by Crippen LogP contribution is 2.37. The molecule has 0 aromatic heterocycles. The minimum Gasteiger partial charge on any atom is -0.493 e. The summed E-state index contributed by atoms with van der Waals surface area (Å²) in [5.41, 5.74) is 4.80. The summed E-state index contributed by atoms with van der Waals surface area (Å²) >= 11 is 0. The van der Waals surface area contributed by atoms with Crippen LogP contribution in [0.15, 0.2) is 18.2 Å². The molecule has 1 fully saturated rings. The van der Waals surface area contributed by atoms with Gasteiger partial charge in [-0.05, 0) is 37.3 Å². The first kappa shape index (κ1) is 14.2. The number of halogens is 2. The molecule has 3 N–H and O–H groups in total. The number of benzene rings is 1. The van der Waals surface area contributed by atoms with Crippen molar-refractivity contribution in [3.63, 3.8) is 0 Å². The minimum atomic E-state index is -0.920. The fourth-order valence-electron chi connectivity index (χ4n) is 2.69. The Balaban J connectivity index is 1.85. The van der Waals surface area contributed by atoms with Gasteiger partial charge in [0.25, 0.3) is 0 Å². The summed E-state index contributed by atoms with van der Waals surface area (Å²) in [5.74, 6) is -1.39. The number of rotatable bonds is 5. The predicted octanol–water partition coefficient (Wildman–Crippen LogP) is 2.22. The van der Waals surface area contributed by atoms with Gasteiger partial charge in [0.15, 0.2) is 11.6 Å². The molecule has 1 aliphatic rings. The van der Waals surface area contributed by atoms with Crippen LogP contribution in [0.2, 0.25) is 0 Å².